The molecule has 1 aromatic carbocycles. The van der Waals surface area contributed by atoms with Crippen LogP contribution in [0.25, 0.3) is 0 Å². The number of benzene rings is 1. The average Bonchev–Trinajstić information content (AvgIpc) is 2.90. The Bertz CT molecular complexity index is 1230. The lowest BCUT2D eigenvalue weighted by Gasteiger charge is -2.42. The van der Waals surface area contributed by atoms with E-state index in [4.69, 9.17) is 4.74 Å². The third kappa shape index (κ3) is 6.09. The number of halogens is 3. The number of pyridine rings is 1. The minimum Gasteiger partial charge on any atom is -0.464 e. The van der Waals surface area contributed by atoms with Crippen molar-refractivity contribution in [3.8, 4) is 0 Å². The molecule has 1 atom stereocenters. The molecule has 0 aliphatic carbocycles. The number of esters is 1. The number of sulfonamides is 1. The van der Waals surface area contributed by atoms with E-state index >= 15 is 0 Å². The lowest BCUT2D eigenvalue weighted by Crippen LogP contribution is -2.61. The molecule has 1 aromatic heterocycles. The number of carbonyl (C=O) groups is 2. The average molecular weight is 555 g/mol. The standard InChI is InChI=1S/C25H29F3N4O5S/c1-2-37-24(34)22-16-31(38(35,36)21-5-3-19(4-6-21)25(26,27)28)17-23(33)32(22)15-18-9-13-30(14-10-18)20-7-11-29-12-8-20/h3-8,11-12,18,22H,2,9-10,13-17H2,1H3/t22-/m1/s1. The molecule has 0 spiro atoms. The summed E-state index contributed by atoms with van der Waals surface area (Å²) in [7, 11) is -4.33. The minimum absolute atomic E-state index is 0.0489. The smallest absolute Gasteiger partial charge is 0.416 e. The second-order valence-electron chi connectivity index (χ2n) is 9.27. The van der Waals surface area contributed by atoms with Gasteiger partial charge in [-0.3, -0.25) is 9.78 Å². The van der Waals surface area contributed by atoms with Crippen LogP contribution in [0, 0.1) is 5.92 Å². The number of carbonyl (C=O) groups excluding carboxylic acids is 2. The summed E-state index contributed by atoms with van der Waals surface area (Å²) in [5.74, 6) is -1.17. The van der Waals surface area contributed by atoms with Crippen molar-refractivity contribution in [2.75, 3.05) is 44.2 Å². The minimum atomic E-state index is -4.62. The molecule has 0 unspecified atom stereocenters. The second kappa shape index (κ2) is 11.3. The molecule has 0 saturated carbocycles. The molecule has 2 aliphatic rings. The largest absolute Gasteiger partial charge is 0.464 e. The fourth-order valence-corrected chi connectivity index (χ4v) is 6.19. The van der Waals surface area contributed by atoms with Crippen LogP contribution >= 0.6 is 0 Å². The van der Waals surface area contributed by atoms with Gasteiger partial charge in [-0.05, 0) is 62.1 Å². The molecule has 0 radical (unpaired) electrons. The van der Waals surface area contributed by atoms with Crippen LogP contribution in [0.4, 0.5) is 18.9 Å². The molecule has 206 valence electrons. The Morgan fingerprint density at radius 1 is 1.08 bits per heavy atom. The highest BCUT2D eigenvalue weighted by molar-refractivity contribution is 7.89. The third-order valence-electron chi connectivity index (χ3n) is 6.86. The van der Waals surface area contributed by atoms with Gasteiger partial charge in [0.2, 0.25) is 15.9 Å². The first kappa shape index (κ1) is 27.8. The Kier molecular flexibility index (Phi) is 8.26. The molecule has 13 heteroatoms. The van der Waals surface area contributed by atoms with Crippen molar-refractivity contribution in [2.45, 2.75) is 36.9 Å². The number of piperidine rings is 1. The highest BCUT2D eigenvalue weighted by Gasteiger charge is 2.43. The monoisotopic (exact) mass is 554 g/mol. The van der Waals surface area contributed by atoms with Crippen molar-refractivity contribution in [1.29, 1.82) is 0 Å². The van der Waals surface area contributed by atoms with E-state index in [2.05, 4.69) is 9.88 Å². The molecule has 3 heterocycles. The first-order valence-corrected chi connectivity index (χ1v) is 13.7. The van der Waals surface area contributed by atoms with Crippen molar-refractivity contribution in [3.63, 3.8) is 0 Å². The van der Waals surface area contributed by atoms with Crippen LogP contribution in [0.15, 0.2) is 53.7 Å². The summed E-state index contributed by atoms with van der Waals surface area (Å²) in [6, 6.07) is 5.75. The van der Waals surface area contributed by atoms with Gasteiger partial charge in [0.05, 0.1) is 23.6 Å². The first-order chi connectivity index (χ1) is 18.0. The maximum atomic E-state index is 13.2. The normalized spacial score (nSPS) is 20.0. The Morgan fingerprint density at radius 3 is 2.29 bits per heavy atom. The third-order valence-corrected chi connectivity index (χ3v) is 8.69. The number of amides is 1. The second-order valence-corrected chi connectivity index (χ2v) is 11.2. The van der Waals surface area contributed by atoms with Crippen LogP contribution in [0.2, 0.25) is 0 Å². The van der Waals surface area contributed by atoms with Crippen LogP contribution in [0.5, 0.6) is 0 Å². The van der Waals surface area contributed by atoms with E-state index in [0.717, 1.165) is 48.1 Å². The molecule has 2 fully saturated rings. The van der Waals surface area contributed by atoms with Crippen LogP contribution in [-0.2, 0) is 30.5 Å². The van der Waals surface area contributed by atoms with Gasteiger partial charge in [0, 0.05) is 44.3 Å². The van der Waals surface area contributed by atoms with Gasteiger partial charge in [-0.25, -0.2) is 13.2 Å². The van der Waals surface area contributed by atoms with E-state index in [1.54, 1.807) is 19.3 Å². The van der Waals surface area contributed by atoms with E-state index in [1.165, 1.54) is 4.90 Å². The van der Waals surface area contributed by atoms with Crippen LogP contribution < -0.4 is 4.90 Å². The predicted molar refractivity (Wildman–Crippen MR) is 132 cm³/mol. The number of alkyl halides is 3. The van der Waals surface area contributed by atoms with E-state index in [0.29, 0.717) is 12.1 Å². The quantitative estimate of drug-likeness (QED) is 0.486. The van der Waals surface area contributed by atoms with Crippen molar-refractivity contribution >= 4 is 27.6 Å². The van der Waals surface area contributed by atoms with E-state index in [9.17, 15) is 31.2 Å². The molecule has 38 heavy (non-hydrogen) atoms. The molecule has 2 aliphatic heterocycles. The van der Waals surface area contributed by atoms with Gasteiger partial charge in [0.25, 0.3) is 0 Å². The molecular formula is C25H29F3N4O5S. The lowest BCUT2D eigenvalue weighted by molar-refractivity contribution is -0.158. The van der Waals surface area contributed by atoms with Crippen molar-refractivity contribution in [2.24, 2.45) is 5.92 Å². The molecule has 1 amide bonds. The summed E-state index contributed by atoms with van der Waals surface area (Å²) >= 11 is 0. The molecule has 4 rings (SSSR count). The number of piperazine rings is 1. The number of hydrogen-bond donors (Lipinski definition) is 0. The van der Waals surface area contributed by atoms with E-state index in [1.807, 2.05) is 12.1 Å². The van der Waals surface area contributed by atoms with E-state index in [-0.39, 0.29) is 25.6 Å². The lowest BCUT2D eigenvalue weighted by atomic mass is 9.94. The number of rotatable bonds is 7. The van der Waals surface area contributed by atoms with Crippen molar-refractivity contribution < 1.29 is 35.9 Å². The van der Waals surface area contributed by atoms with Gasteiger partial charge >= 0.3 is 12.1 Å². The fourth-order valence-electron chi connectivity index (χ4n) is 4.80. The van der Waals surface area contributed by atoms with Crippen LogP contribution in [0.1, 0.15) is 25.3 Å². The highest BCUT2D eigenvalue weighted by Crippen LogP contribution is 2.31. The Balaban J connectivity index is 1.48. The molecule has 0 N–H and O–H groups in total. The van der Waals surface area contributed by atoms with Gasteiger partial charge in [-0.15, -0.1) is 0 Å². The number of ether oxygens (including phenoxy) is 1. The zero-order valence-corrected chi connectivity index (χ0v) is 21.6. The zero-order chi connectivity index (χ0) is 27.5. The maximum absolute atomic E-state index is 13.2. The van der Waals surface area contributed by atoms with Crippen molar-refractivity contribution in [1.82, 2.24) is 14.2 Å². The van der Waals surface area contributed by atoms with Gasteiger partial charge in [0.1, 0.15) is 6.04 Å². The summed E-state index contributed by atoms with van der Waals surface area (Å²) < 4.78 is 71.1. The van der Waals surface area contributed by atoms with Crippen LogP contribution in [-0.4, -0.2) is 79.9 Å². The number of aromatic nitrogens is 1. The topological polar surface area (TPSA) is 100 Å². The zero-order valence-electron chi connectivity index (χ0n) is 20.8. The predicted octanol–water partition coefficient (Wildman–Crippen LogP) is 2.78. The maximum Gasteiger partial charge on any atom is 0.416 e. The summed E-state index contributed by atoms with van der Waals surface area (Å²) in [5, 5.41) is 0. The number of nitrogens with zero attached hydrogens (tertiary/aromatic N) is 4. The molecular weight excluding hydrogens is 525 g/mol. The highest BCUT2D eigenvalue weighted by atomic mass is 32.2. The van der Waals surface area contributed by atoms with Gasteiger partial charge in [-0.2, -0.15) is 17.5 Å². The van der Waals surface area contributed by atoms with E-state index < -0.39 is 51.1 Å². The Labute approximate surface area is 219 Å². The first-order valence-electron chi connectivity index (χ1n) is 12.3. The molecule has 0 bridgehead atoms. The molecule has 9 nitrogen and oxygen atoms in total. The fraction of sp³-hybridized carbons (Fsp3) is 0.480. The van der Waals surface area contributed by atoms with Gasteiger partial charge in [0.15, 0.2) is 0 Å². The molecule has 2 aromatic rings. The van der Waals surface area contributed by atoms with Gasteiger partial charge in [-0.1, -0.05) is 0 Å². The van der Waals surface area contributed by atoms with Crippen LogP contribution in [0.3, 0.4) is 0 Å². The Hall–Kier alpha value is -3.19. The SMILES string of the molecule is CCOC(=O)[C@H]1CN(S(=O)(=O)c2ccc(C(F)(F)F)cc2)CC(=O)N1CC1CCN(c2ccncc2)CC1. The number of hydrogen-bond acceptors (Lipinski definition) is 7. The van der Waals surface area contributed by atoms with Gasteiger partial charge < -0.3 is 14.5 Å². The summed E-state index contributed by atoms with van der Waals surface area (Å²) in [6.45, 7) is 2.59. The summed E-state index contributed by atoms with van der Waals surface area (Å²) in [5.41, 5.74) is 0.0674. The molecule has 2 saturated heterocycles. The summed E-state index contributed by atoms with van der Waals surface area (Å²) in [6.07, 6.45) is 0.377. The summed E-state index contributed by atoms with van der Waals surface area (Å²) in [4.78, 5) is 33.3. The number of anilines is 1. The van der Waals surface area contributed by atoms with Crippen molar-refractivity contribution in [3.05, 3.63) is 54.4 Å². The Morgan fingerprint density at radius 2 is 1.71 bits per heavy atom.